The van der Waals surface area contributed by atoms with E-state index in [2.05, 4.69) is 35.7 Å². The fourth-order valence-corrected chi connectivity index (χ4v) is 7.67. The predicted octanol–water partition coefficient (Wildman–Crippen LogP) is 6.80. The topological polar surface area (TPSA) is 149 Å². The molecule has 54 heavy (non-hydrogen) atoms. The maximum Gasteiger partial charge on any atom is 0.328 e. The Kier molecular flexibility index (Phi) is 11.6. The molecule has 2 fully saturated rings. The summed E-state index contributed by atoms with van der Waals surface area (Å²) in [5, 5.41) is 8.22. The number of sulfone groups is 1. The van der Waals surface area contributed by atoms with Crippen molar-refractivity contribution in [1.82, 2.24) is 20.2 Å². The molecule has 0 atom stereocenters. The van der Waals surface area contributed by atoms with Crippen LogP contribution in [0.1, 0.15) is 45.2 Å². The molecular weight excluding hydrogens is 735 g/mol. The fourth-order valence-electron chi connectivity index (χ4n) is 6.33. The number of anilines is 6. The number of imide groups is 1. The molecule has 0 spiro atoms. The molecule has 4 aromatic rings. The van der Waals surface area contributed by atoms with Gasteiger partial charge in [0, 0.05) is 68.7 Å². The van der Waals surface area contributed by atoms with Gasteiger partial charge in [-0.05, 0) is 70.5 Å². The number of amides is 3. The average Bonchev–Trinajstić information content (AvgIpc) is 3.12. The Morgan fingerprint density at radius 1 is 0.963 bits per heavy atom. The van der Waals surface area contributed by atoms with Crippen LogP contribution in [0.2, 0.25) is 5.02 Å². The van der Waals surface area contributed by atoms with Crippen LogP contribution in [0.3, 0.4) is 0 Å². The predicted molar refractivity (Wildman–Crippen MR) is 209 cm³/mol. The quantitative estimate of drug-likeness (QED) is 0.139. The van der Waals surface area contributed by atoms with Gasteiger partial charge in [0.15, 0.2) is 15.7 Å². The minimum Gasteiger partial charge on any atom is -0.489 e. The summed E-state index contributed by atoms with van der Waals surface area (Å²) in [7, 11) is -3.59. The largest absolute Gasteiger partial charge is 0.489 e. The number of piperazine rings is 1. The summed E-state index contributed by atoms with van der Waals surface area (Å²) in [6.07, 6.45) is 1.48. The molecule has 0 aliphatic carbocycles. The van der Waals surface area contributed by atoms with Crippen molar-refractivity contribution in [2.24, 2.45) is 0 Å². The summed E-state index contributed by atoms with van der Waals surface area (Å²) in [6, 6.07) is 14.8. The molecule has 3 aromatic carbocycles. The molecule has 16 heteroatoms. The maximum atomic E-state index is 15.2. The first-order valence-electron chi connectivity index (χ1n) is 17.8. The number of ether oxygens (including phenoxy) is 1. The molecule has 3 N–H and O–H groups in total. The monoisotopic (exact) mass is 778 g/mol. The molecule has 2 saturated heterocycles. The van der Waals surface area contributed by atoms with Crippen molar-refractivity contribution in [3.8, 4) is 5.75 Å². The molecule has 3 heterocycles. The van der Waals surface area contributed by atoms with E-state index in [9.17, 15) is 18.0 Å². The SMILES string of the molecule is Cc1cc(Nc2ncc(Cl)c(Nc3ccccc3S(=O)(=O)C(C)C)n2)c(OC(C)C)cc1N1CCN(Cc2ccc(N3CCC(=O)NC3=O)cc2F)CC1. The highest BCUT2D eigenvalue weighted by Gasteiger charge is 2.27. The standard InChI is InChI=1S/C38H44ClFN8O5S/c1-23(2)53-33-20-32(47-16-14-46(15-17-47)22-26-10-11-27(19-29(26)40)48-13-12-35(49)44-38(48)50)25(5)18-31(33)43-37-41-21-28(39)36(45-37)42-30-8-6-7-9-34(30)54(51,52)24(3)4/h6-11,18-21,23-24H,12-17,22H2,1-5H3,(H,44,49,50)(H2,41,42,43,45). The van der Waals surface area contributed by atoms with Gasteiger partial charge in [0.05, 0.1) is 33.8 Å². The number of aryl methyl sites for hydroxylation is 1. The molecule has 13 nitrogen and oxygen atoms in total. The number of halogens is 2. The van der Waals surface area contributed by atoms with Gasteiger partial charge in [0.1, 0.15) is 16.6 Å². The molecule has 0 unspecified atom stereocenters. The van der Waals surface area contributed by atoms with Crippen LogP contribution in [-0.4, -0.2) is 79.3 Å². The zero-order chi connectivity index (χ0) is 38.7. The van der Waals surface area contributed by atoms with Gasteiger partial charge in [0.25, 0.3) is 0 Å². The average molecular weight is 779 g/mol. The van der Waals surface area contributed by atoms with E-state index in [1.54, 1.807) is 50.2 Å². The highest BCUT2D eigenvalue weighted by Crippen LogP contribution is 2.37. The van der Waals surface area contributed by atoms with Crippen LogP contribution in [-0.2, 0) is 21.2 Å². The van der Waals surface area contributed by atoms with Crippen LogP contribution in [0.15, 0.2) is 65.7 Å². The van der Waals surface area contributed by atoms with E-state index < -0.39 is 26.9 Å². The van der Waals surface area contributed by atoms with Gasteiger partial charge in [-0.1, -0.05) is 29.8 Å². The molecule has 6 rings (SSSR count). The Morgan fingerprint density at radius 3 is 2.39 bits per heavy atom. The minimum atomic E-state index is -3.59. The molecule has 0 radical (unpaired) electrons. The number of rotatable bonds is 12. The van der Waals surface area contributed by atoms with Crippen LogP contribution < -0.4 is 30.5 Å². The number of urea groups is 1. The molecule has 0 bridgehead atoms. The Balaban J connectivity index is 1.15. The van der Waals surface area contributed by atoms with Gasteiger partial charge >= 0.3 is 6.03 Å². The summed E-state index contributed by atoms with van der Waals surface area (Å²) >= 11 is 6.48. The van der Waals surface area contributed by atoms with Crippen LogP contribution >= 0.6 is 11.6 Å². The number of carbonyl (C=O) groups excluding carboxylic acids is 2. The van der Waals surface area contributed by atoms with Crippen molar-refractivity contribution >= 4 is 67.9 Å². The molecule has 3 amide bonds. The van der Waals surface area contributed by atoms with Crippen molar-refractivity contribution in [2.75, 3.05) is 53.2 Å². The number of aromatic nitrogens is 2. The summed E-state index contributed by atoms with van der Waals surface area (Å²) < 4.78 is 47.5. The normalized spacial score (nSPS) is 15.5. The van der Waals surface area contributed by atoms with Gasteiger partial charge in [-0.15, -0.1) is 0 Å². The Hall–Kier alpha value is -4.99. The lowest BCUT2D eigenvalue weighted by Crippen LogP contribution is -2.49. The lowest BCUT2D eigenvalue weighted by atomic mass is 10.1. The fraction of sp³-hybridized carbons (Fsp3) is 0.368. The Morgan fingerprint density at radius 2 is 1.70 bits per heavy atom. The van der Waals surface area contributed by atoms with Crippen molar-refractivity contribution < 1.29 is 27.1 Å². The number of para-hydroxylation sites is 1. The number of hydrogen-bond acceptors (Lipinski definition) is 11. The van der Waals surface area contributed by atoms with E-state index in [1.165, 1.54) is 17.2 Å². The first kappa shape index (κ1) is 38.7. The van der Waals surface area contributed by atoms with E-state index >= 15 is 4.39 Å². The summed E-state index contributed by atoms with van der Waals surface area (Å²) in [5.74, 6) is 0.335. The van der Waals surface area contributed by atoms with Crippen molar-refractivity contribution in [1.29, 1.82) is 0 Å². The highest BCUT2D eigenvalue weighted by atomic mass is 35.5. The Labute approximate surface area is 319 Å². The van der Waals surface area contributed by atoms with Crippen LogP contribution in [0.25, 0.3) is 0 Å². The second-order valence-electron chi connectivity index (χ2n) is 13.8. The van der Waals surface area contributed by atoms with Gasteiger partial charge in [-0.25, -0.2) is 22.6 Å². The molecule has 1 aromatic heterocycles. The molecule has 2 aliphatic heterocycles. The first-order valence-corrected chi connectivity index (χ1v) is 19.7. The van der Waals surface area contributed by atoms with Crippen molar-refractivity contribution in [2.45, 2.75) is 63.8 Å². The van der Waals surface area contributed by atoms with Crippen LogP contribution in [0, 0.1) is 12.7 Å². The van der Waals surface area contributed by atoms with E-state index in [0.717, 1.165) is 11.3 Å². The second-order valence-corrected chi connectivity index (χ2v) is 16.7. The number of hydrogen-bond donors (Lipinski definition) is 3. The third kappa shape index (κ3) is 8.69. The van der Waals surface area contributed by atoms with Gasteiger partial charge in [0.2, 0.25) is 11.9 Å². The van der Waals surface area contributed by atoms with Gasteiger partial charge < -0.3 is 20.3 Å². The molecular formula is C38H44ClFN8O5S. The smallest absolute Gasteiger partial charge is 0.328 e. The first-order chi connectivity index (χ1) is 25.7. The zero-order valence-electron chi connectivity index (χ0n) is 30.8. The number of benzene rings is 3. The van der Waals surface area contributed by atoms with Crippen molar-refractivity contribution in [3.63, 3.8) is 0 Å². The zero-order valence-corrected chi connectivity index (χ0v) is 32.4. The van der Waals surface area contributed by atoms with Crippen LogP contribution in [0.4, 0.5) is 43.7 Å². The highest BCUT2D eigenvalue weighted by molar-refractivity contribution is 7.92. The molecule has 286 valence electrons. The second kappa shape index (κ2) is 16.2. The minimum absolute atomic E-state index is 0.131. The van der Waals surface area contributed by atoms with E-state index in [4.69, 9.17) is 16.3 Å². The summed E-state index contributed by atoms with van der Waals surface area (Å²) in [5.41, 5.74) is 3.95. The molecule has 0 saturated carbocycles. The third-order valence-electron chi connectivity index (χ3n) is 9.23. The van der Waals surface area contributed by atoms with Crippen molar-refractivity contribution in [3.05, 3.63) is 82.8 Å². The number of nitrogens with one attached hydrogen (secondary N) is 3. The number of carbonyl (C=O) groups is 2. The van der Waals surface area contributed by atoms with Gasteiger partial charge in [-0.3, -0.25) is 19.9 Å². The van der Waals surface area contributed by atoms with E-state index in [1.807, 2.05) is 32.9 Å². The lowest BCUT2D eigenvalue weighted by molar-refractivity contribution is -0.120. The van der Waals surface area contributed by atoms with E-state index in [-0.39, 0.29) is 46.7 Å². The van der Waals surface area contributed by atoms with Crippen LogP contribution in [0.5, 0.6) is 5.75 Å². The lowest BCUT2D eigenvalue weighted by Gasteiger charge is -2.37. The molecule has 2 aliphatic rings. The Bertz CT molecular complexity index is 2160. The number of nitrogens with zero attached hydrogens (tertiary/aromatic N) is 5. The summed E-state index contributed by atoms with van der Waals surface area (Å²) in [4.78, 5) is 38.7. The van der Waals surface area contributed by atoms with E-state index in [0.29, 0.717) is 61.1 Å². The summed E-state index contributed by atoms with van der Waals surface area (Å²) in [6.45, 7) is 12.6. The third-order valence-corrected chi connectivity index (χ3v) is 11.7. The van der Waals surface area contributed by atoms with Gasteiger partial charge in [-0.2, -0.15) is 4.98 Å². The maximum absolute atomic E-state index is 15.2.